The normalized spacial score (nSPS) is 10.9. The summed E-state index contributed by atoms with van der Waals surface area (Å²) in [5, 5.41) is 4.73. The lowest BCUT2D eigenvalue weighted by atomic mass is 10.1. The highest BCUT2D eigenvalue weighted by Gasteiger charge is 2.13. The number of aryl methyl sites for hydroxylation is 1. The van der Waals surface area contributed by atoms with E-state index in [1.807, 2.05) is 31.2 Å². The van der Waals surface area contributed by atoms with Gasteiger partial charge in [0.1, 0.15) is 11.6 Å². The maximum absolute atomic E-state index is 13.2. The number of benzene rings is 3. The topological polar surface area (TPSA) is 44.9 Å². The molecule has 4 aromatic rings. The second-order valence-electron chi connectivity index (χ2n) is 6.25. The van der Waals surface area contributed by atoms with Gasteiger partial charge in [0.2, 0.25) is 0 Å². The minimum absolute atomic E-state index is 0.163. The van der Waals surface area contributed by atoms with Gasteiger partial charge >= 0.3 is 0 Å². The summed E-state index contributed by atoms with van der Waals surface area (Å²) in [5.74, 6) is 0.290. The first kappa shape index (κ1) is 17.4. The van der Waals surface area contributed by atoms with E-state index in [0.29, 0.717) is 16.9 Å². The molecule has 2 N–H and O–H groups in total. The zero-order valence-corrected chi connectivity index (χ0v) is 15.4. The molecule has 0 amide bonds. The molecule has 3 nitrogen and oxygen atoms in total. The summed E-state index contributed by atoms with van der Waals surface area (Å²) in [5.41, 5.74) is 1.73. The number of pyridine rings is 1. The monoisotopic (exact) mass is 376 g/mol. The van der Waals surface area contributed by atoms with Gasteiger partial charge in [-0.05, 0) is 49.4 Å². The molecular weight excluding hydrogens is 359 g/mol. The van der Waals surface area contributed by atoms with Crippen LogP contribution in [0.15, 0.2) is 87.4 Å². The van der Waals surface area contributed by atoms with E-state index in [-0.39, 0.29) is 11.4 Å². The van der Waals surface area contributed by atoms with Crippen LogP contribution in [0.1, 0.15) is 5.56 Å². The molecule has 0 radical (unpaired) electrons. The molecule has 0 saturated heterocycles. The molecule has 0 unspecified atom stereocenters. The van der Waals surface area contributed by atoms with E-state index in [1.54, 1.807) is 23.9 Å². The van der Waals surface area contributed by atoms with E-state index >= 15 is 0 Å². The third kappa shape index (κ3) is 3.73. The lowest BCUT2D eigenvalue weighted by molar-refractivity contribution is 0.628. The number of aromatic nitrogens is 1. The highest BCUT2D eigenvalue weighted by atomic mass is 32.2. The number of halogens is 1. The van der Waals surface area contributed by atoms with E-state index in [4.69, 9.17) is 0 Å². The molecule has 0 aliphatic rings. The minimum atomic E-state index is -0.304. The Labute approximate surface area is 160 Å². The van der Waals surface area contributed by atoms with Crippen molar-refractivity contribution in [3.63, 3.8) is 0 Å². The van der Waals surface area contributed by atoms with Crippen molar-refractivity contribution in [1.29, 1.82) is 0 Å². The van der Waals surface area contributed by atoms with Crippen LogP contribution in [0.25, 0.3) is 10.8 Å². The third-order valence-electron chi connectivity index (χ3n) is 4.24. The number of rotatable bonds is 4. The van der Waals surface area contributed by atoms with Crippen LogP contribution in [-0.2, 0) is 0 Å². The lowest BCUT2D eigenvalue weighted by Gasteiger charge is -2.14. The summed E-state index contributed by atoms with van der Waals surface area (Å²) in [6.45, 7) is 2.05. The Morgan fingerprint density at radius 1 is 0.889 bits per heavy atom. The average Bonchev–Trinajstić information content (AvgIpc) is 2.68. The van der Waals surface area contributed by atoms with Crippen LogP contribution >= 0.6 is 11.8 Å². The average molecular weight is 376 g/mol. The van der Waals surface area contributed by atoms with Crippen LogP contribution in [0.4, 0.5) is 15.9 Å². The van der Waals surface area contributed by atoms with Gasteiger partial charge in [0.15, 0.2) is 0 Å². The molecule has 1 heterocycles. The van der Waals surface area contributed by atoms with E-state index in [0.717, 1.165) is 15.2 Å². The number of H-pyrrole nitrogens is 1. The van der Waals surface area contributed by atoms with Crippen LogP contribution in [0.3, 0.4) is 0 Å². The first-order valence-corrected chi connectivity index (χ1v) is 9.34. The maximum atomic E-state index is 13.2. The van der Waals surface area contributed by atoms with Crippen molar-refractivity contribution in [3.8, 4) is 0 Å². The second-order valence-corrected chi connectivity index (χ2v) is 7.33. The van der Waals surface area contributed by atoms with Crippen molar-refractivity contribution in [2.24, 2.45) is 0 Å². The number of hydrogen-bond donors (Lipinski definition) is 2. The van der Waals surface area contributed by atoms with Crippen molar-refractivity contribution < 1.29 is 4.39 Å². The van der Waals surface area contributed by atoms with Crippen molar-refractivity contribution in [2.75, 3.05) is 5.32 Å². The molecule has 0 saturated carbocycles. The van der Waals surface area contributed by atoms with Gasteiger partial charge in [0.25, 0.3) is 5.56 Å². The number of fused-ring (bicyclic) bond motifs is 1. The SMILES string of the molecule is Cc1ccc(Sc2c(Nc3ccc(F)cc3)[nH]c(=O)c3ccccc23)cc1. The molecule has 4 rings (SSSR count). The van der Waals surface area contributed by atoms with Gasteiger partial charge in [0.05, 0.1) is 4.90 Å². The van der Waals surface area contributed by atoms with E-state index in [1.165, 1.54) is 17.7 Å². The fourth-order valence-electron chi connectivity index (χ4n) is 2.85. The molecule has 0 aliphatic heterocycles. The Balaban J connectivity index is 1.84. The van der Waals surface area contributed by atoms with E-state index in [2.05, 4.69) is 34.6 Å². The van der Waals surface area contributed by atoms with Gasteiger partial charge in [-0.15, -0.1) is 0 Å². The highest BCUT2D eigenvalue weighted by Crippen LogP contribution is 2.38. The third-order valence-corrected chi connectivity index (χ3v) is 5.37. The van der Waals surface area contributed by atoms with Gasteiger partial charge < -0.3 is 10.3 Å². The van der Waals surface area contributed by atoms with Gasteiger partial charge in [0, 0.05) is 21.4 Å². The van der Waals surface area contributed by atoms with Crippen LogP contribution in [0.5, 0.6) is 0 Å². The highest BCUT2D eigenvalue weighted by molar-refractivity contribution is 7.99. The first-order valence-electron chi connectivity index (χ1n) is 8.52. The molecule has 0 atom stereocenters. The molecule has 0 fully saturated rings. The lowest BCUT2D eigenvalue weighted by Crippen LogP contribution is -2.10. The van der Waals surface area contributed by atoms with Gasteiger partial charge in [-0.3, -0.25) is 4.79 Å². The quantitative estimate of drug-likeness (QED) is 0.468. The molecule has 134 valence electrons. The summed E-state index contributed by atoms with van der Waals surface area (Å²) in [6, 6.07) is 21.8. The van der Waals surface area contributed by atoms with Crippen molar-refractivity contribution in [2.45, 2.75) is 16.7 Å². The van der Waals surface area contributed by atoms with Gasteiger partial charge in [-0.2, -0.15) is 0 Å². The van der Waals surface area contributed by atoms with Gasteiger partial charge in [-0.25, -0.2) is 4.39 Å². The smallest absolute Gasteiger partial charge is 0.257 e. The zero-order chi connectivity index (χ0) is 18.8. The predicted molar refractivity (Wildman–Crippen MR) is 110 cm³/mol. The van der Waals surface area contributed by atoms with E-state index < -0.39 is 0 Å². The van der Waals surface area contributed by atoms with Crippen molar-refractivity contribution in [1.82, 2.24) is 4.98 Å². The fourth-order valence-corrected chi connectivity index (χ4v) is 3.85. The number of aromatic amines is 1. The standard InChI is InChI=1S/C22H17FN2OS/c1-14-6-12-17(13-7-14)27-20-18-4-2-3-5-19(18)22(26)25-21(20)24-16-10-8-15(23)9-11-16/h2-13H,1H3,(H2,24,25,26). The number of nitrogens with one attached hydrogen (secondary N) is 2. The first-order chi connectivity index (χ1) is 13.1. The Kier molecular flexibility index (Phi) is 4.69. The maximum Gasteiger partial charge on any atom is 0.257 e. The van der Waals surface area contributed by atoms with Crippen LogP contribution in [0.2, 0.25) is 0 Å². The van der Waals surface area contributed by atoms with Crippen molar-refractivity contribution in [3.05, 3.63) is 94.5 Å². The molecule has 27 heavy (non-hydrogen) atoms. The summed E-state index contributed by atoms with van der Waals surface area (Å²) in [7, 11) is 0. The Hall–Kier alpha value is -3.05. The predicted octanol–water partition coefficient (Wildman–Crippen LogP) is 5.87. The summed E-state index contributed by atoms with van der Waals surface area (Å²) in [6.07, 6.45) is 0. The fraction of sp³-hybridized carbons (Fsp3) is 0.0455. The zero-order valence-electron chi connectivity index (χ0n) is 14.6. The Morgan fingerprint density at radius 3 is 2.26 bits per heavy atom. The molecule has 3 aromatic carbocycles. The number of anilines is 2. The summed E-state index contributed by atoms with van der Waals surface area (Å²) in [4.78, 5) is 17.4. The molecule has 5 heteroatoms. The molecular formula is C22H17FN2OS. The van der Waals surface area contributed by atoms with E-state index in [9.17, 15) is 9.18 Å². The number of hydrogen-bond acceptors (Lipinski definition) is 3. The second kappa shape index (κ2) is 7.29. The van der Waals surface area contributed by atoms with Crippen molar-refractivity contribution >= 4 is 34.0 Å². The van der Waals surface area contributed by atoms with Crippen LogP contribution in [0, 0.1) is 12.7 Å². The molecule has 0 spiro atoms. The molecule has 1 aromatic heterocycles. The molecule has 0 bridgehead atoms. The Bertz CT molecular complexity index is 1150. The largest absolute Gasteiger partial charge is 0.341 e. The van der Waals surface area contributed by atoms with Gasteiger partial charge in [-0.1, -0.05) is 47.7 Å². The van der Waals surface area contributed by atoms with Crippen LogP contribution in [-0.4, -0.2) is 4.98 Å². The Morgan fingerprint density at radius 2 is 1.56 bits per heavy atom. The summed E-state index contributed by atoms with van der Waals surface area (Å²) < 4.78 is 13.2. The van der Waals surface area contributed by atoms with Crippen LogP contribution < -0.4 is 10.9 Å². The minimum Gasteiger partial charge on any atom is -0.341 e. The summed E-state index contributed by atoms with van der Waals surface area (Å²) >= 11 is 1.58. The molecule has 0 aliphatic carbocycles.